The number of hydrogen-bond donors (Lipinski definition) is 0. The van der Waals surface area contributed by atoms with Gasteiger partial charge in [0.25, 0.3) is 0 Å². The number of alkyl halides is 1. The number of hydrogen-bond acceptors (Lipinski definition) is 2. The molecular formula is C16H15BrOS. The molecule has 1 unspecified atom stereocenters. The number of thioether (sulfide) groups is 1. The van der Waals surface area contributed by atoms with Crippen molar-refractivity contribution in [3.05, 3.63) is 59.7 Å². The average Bonchev–Trinajstić information content (AvgIpc) is 2.89. The van der Waals surface area contributed by atoms with E-state index >= 15 is 0 Å². The van der Waals surface area contributed by atoms with Crippen LogP contribution in [-0.2, 0) is 5.33 Å². The first-order chi connectivity index (χ1) is 9.36. The molecule has 0 saturated heterocycles. The highest BCUT2D eigenvalue weighted by atomic mass is 79.9. The van der Waals surface area contributed by atoms with Crippen molar-refractivity contribution in [1.82, 2.24) is 0 Å². The van der Waals surface area contributed by atoms with Gasteiger partial charge in [0.15, 0.2) is 0 Å². The molecule has 0 fully saturated rings. The van der Waals surface area contributed by atoms with E-state index in [9.17, 15) is 0 Å². The van der Waals surface area contributed by atoms with E-state index in [0.29, 0.717) is 5.92 Å². The predicted molar refractivity (Wildman–Crippen MR) is 84.5 cm³/mol. The molecule has 0 aromatic heterocycles. The molecule has 0 spiro atoms. The maximum atomic E-state index is 5.92. The second-order valence-corrected chi connectivity index (χ2v) is 6.26. The van der Waals surface area contributed by atoms with E-state index in [2.05, 4.69) is 52.3 Å². The van der Waals surface area contributed by atoms with Gasteiger partial charge in [-0.3, -0.25) is 0 Å². The second kappa shape index (κ2) is 6.02. The molecule has 3 rings (SSSR count). The summed E-state index contributed by atoms with van der Waals surface area (Å²) < 4.78 is 5.92. The molecule has 0 amide bonds. The lowest BCUT2D eigenvalue weighted by atomic mass is 10.0. The highest BCUT2D eigenvalue weighted by molar-refractivity contribution is 9.08. The number of benzene rings is 2. The van der Waals surface area contributed by atoms with Gasteiger partial charge in [-0.2, -0.15) is 0 Å². The van der Waals surface area contributed by atoms with E-state index < -0.39 is 0 Å². The van der Waals surface area contributed by atoms with Crippen molar-refractivity contribution >= 4 is 27.7 Å². The standard InChI is InChI=1S/C16H15BrOS/c17-9-12-5-7-14(8-6-12)18-10-13-11-19-16-4-2-1-3-15(13)16/h1-8,13H,9-11H2. The van der Waals surface area contributed by atoms with E-state index in [1.54, 1.807) is 0 Å². The summed E-state index contributed by atoms with van der Waals surface area (Å²) in [4.78, 5) is 1.41. The summed E-state index contributed by atoms with van der Waals surface area (Å²) in [7, 11) is 0. The molecule has 98 valence electrons. The number of rotatable bonds is 4. The zero-order valence-corrected chi connectivity index (χ0v) is 12.9. The van der Waals surface area contributed by atoms with Crippen LogP contribution in [0, 0.1) is 0 Å². The van der Waals surface area contributed by atoms with Gasteiger partial charge in [0, 0.05) is 21.9 Å². The smallest absolute Gasteiger partial charge is 0.119 e. The third kappa shape index (κ3) is 2.98. The molecule has 1 aliphatic rings. The fraction of sp³-hybridized carbons (Fsp3) is 0.250. The lowest BCUT2D eigenvalue weighted by molar-refractivity contribution is 0.298. The fourth-order valence-corrected chi connectivity index (χ4v) is 3.85. The van der Waals surface area contributed by atoms with Crippen LogP contribution in [0.1, 0.15) is 17.0 Å². The Balaban J connectivity index is 1.64. The van der Waals surface area contributed by atoms with Crippen molar-refractivity contribution in [3.63, 3.8) is 0 Å². The van der Waals surface area contributed by atoms with E-state index in [1.807, 2.05) is 23.9 Å². The summed E-state index contributed by atoms with van der Waals surface area (Å²) in [6.45, 7) is 0.762. The zero-order valence-electron chi connectivity index (χ0n) is 10.5. The SMILES string of the molecule is BrCc1ccc(OCC2CSc3ccccc32)cc1. The van der Waals surface area contributed by atoms with Crippen LogP contribution >= 0.6 is 27.7 Å². The molecule has 0 saturated carbocycles. The molecule has 0 bridgehead atoms. The van der Waals surface area contributed by atoms with Gasteiger partial charge < -0.3 is 4.74 Å². The summed E-state index contributed by atoms with van der Waals surface area (Å²) in [6.07, 6.45) is 0. The first kappa shape index (κ1) is 13.1. The highest BCUT2D eigenvalue weighted by Crippen LogP contribution is 2.39. The van der Waals surface area contributed by atoms with Crippen molar-refractivity contribution in [2.24, 2.45) is 0 Å². The Hall–Kier alpha value is -0.930. The molecule has 0 N–H and O–H groups in total. The molecule has 1 heterocycles. The quantitative estimate of drug-likeness (QED) is 0.739. The molecule has 19 heavy (non-hydrogen) atoms. The van der Waals surface area contributed by atoms with Crippen molar-refractivity contribution in [3.8, 4) is 5.75 Å². The van der Waals surface area contributed by atoms with Crippen LogP contribution in [0.2, 0.25) is 0 Å². The summed E-state index contributed by atoms with van der Waals surface area (Å²) in [6, 6.07) is 16.9. The molecule has 0 aliphatic carbocycles. The normalized spacial score (nSPS) is 17.2. The third-order valence-corrected chi connectivity index (χ3v) is 5.23. The Kier molecular flexibility index (Phi) is 4.14. The van der Waals surface area contributed by atoms with Crippen molar-refractivity contribution in [2.45, 2.75) is 16.1 Å². The minimum absolute atomic E-state index is 0.511. The molecular weight excluding hydrogens is 320 g/mol. The maximum Gasteiger partial charge on any atom is 0.119 e. The highest BCUT2D eigenvalue weighted by Gasteiger charge is 2.23. The van der Waals surface area contributed by atoms with Gasteiger partial charge in [0.05, 0.1) is 6.61 Å². The van der Waals surface area contributed by atoms with E-state index in [1.165, 1.54) is 16.0 Å². The largest absolute Gasteiger partial charge is 0.493 e. The summed E-state index contributed by atoms with van der Waals surface area (Å²) >= 11 is 5.38. The molecule has 3 heteroatoms. The number of halogens is 1. The van der Waals surface area contributed by atoms with Gasteiger partial charge in [-0.25, -0.2) is 0 Å². The summed E-state index contributed by atoms with van der Waals surface area (Å²) in [5.74, 6) is 2.59. The number of ether oxygens (including phenoxy) is 1. The van der Waals surface area contributed by atoms with Crippen LogP contribution < -0.4 is 4.74 Å². The van der Waals surface area contributed by atoms with Gasteiger partial charge in [-0.1, -0.05) is 46.3 Å². The molecule has 1 aliphatic heterocycles. The van der Waals surface area contributed by atoms with Crippen LogP contribution in [-0.4, -0.2) is 12.4 Å². The number of fused-ring (bicyclic) bond motifs is 1. The lowest BCUT2D eigenvalue weighted by Gasteiger charge is -2.12. The molecule has 1 nitrogen and oxygen atoms in total. The van der Waals surface area contributed by atoms with Gasteiger partial charge in [-0.15, -0.1) is 11.8 Å². The summed E-state index contributed by atoms with van der Waals surface area (Å²) in [5, 5.41) is 0.889. The van der Waals surface area contributed by atoms with Crippen molar-refractivity contribution in [1.29, 1.82) is 0 Å². The van der Waals surface area contributed by atoms with Gasteiger partial charge in [0.2, 0.25) is 0 Å². The average molecular weight is 335 g/mol. The van der Waals surface area contributed by atoms with Crippen LogP contribution in [0.3, 0.4) is 0 Å². The molecule has 0 radical (unpaired) electrons. The van der Waals surface area contributed by atoms with Crippen LogP contribution in [0.25, 0.3) is 0 Å². The Bertz CT molecular complexity index is 553. The Morgan fingerprint density at radius 1 is 1.11 bits per heavy atom. The minimum atomic E-state index is 0.511. The van der Waals surface area contributed by atoms with Gasteiger partial charge in [0.1, 0.15) is 5.75 Å². The minimum Gasteiger partial charge on any atom is -0.493 e. The maximum absolute atomic E-state index is 5.92. The first-order valence-corrected chi connectivity index (χ1v) is 8.47. The Labute approximate surface area is 126 Å². The van der Waals surface area contributed by atoms with Gasteiger partial charge in [-0.05, 0) is 29.3 Å². The fourth-order valence-electron chi connectivity index (χ4n) is 2.24. The van der Waals surface area contributed by atoms with Crippen LogP contribution in [0.15, 0.2) is 53.4 Å². The zero-order chi connectivity index (χ0) is 13.1. The Morgan fingerprint density at radius 3 is 2.68 bits per heavy atom. The third-order valence-electron chi connectivity index (χ3n) is 3.33. The van der Waals surface area contributed by atoms with Crippen LogP contribution in [0.4, 0.5) is 0 Å². The molecule has 1 atom stereocenters. The van der Waals surface area contributed by atoms with E-state index in [0.717, 1.165) is 23.4 Å². The topological polar surface area (TPSA) is 9.23 Å². The second-order valence-electron chi connectivity index (χ2n) is 4.63. The Morgan fingerprint density at radius 2 is 1.89 bits per heavy atom. The summed E-state index contributed by atoms with van der Waals surface area (Å²) in [5.41, 5.74) is 2.71. The molecule has 2 aromatic carbocycles. The molecule has 2 aromatic rings. The van der Waals surface area contributed by atoms with Crippen molar-refractivity contribution < 1.29 is 4.74 Å². The van der Waals surface area contributed by atoms with E-state index in [4.69, 9.17) is 4.74 Å². The van der Waals surface area contributed by atoms with E-state index in [-0.39, 0.29) is 0 Å². The first-order valence-electron chi connectivity index (χ1n) is 6.36. The van der Waals surface area contributed by atoms with Crippen LogP contribution in [0.5, 0.6) is 5.75 Å². The monoisotopic (exact) mass is 334 g/mol. The predicted octanol–water partition coefficient (Wildman–Crippen LogP) is 4.85. The van der Waals surface area contributed by atoms with Crippen molar-refractivity contribution in [2.75, 3.05) is 12.4 Å². The lowest BCUT2D eigenvalue weighted by Crippen LogP contribution is -2.09. The van der Waals surface area contributed by atoms with Gasteiger partial charge >= 0.3 is 0 Å².